The third-order valence-corrected chi connectivity index (χ3v) is 3.25. The summed E-state index contributed by atoms with van der Waals surface area (Å²) in [5.74, 6) is 0.238. The van der Waals surface area contributed by atoms with Gasteiger partial charge in [0.05, 0.1) is 0 Å². The molecule has 2 N–H and O–H groups in total. The van der Waals surface area contributed by atoms with Crippen LogP contribution in [0.2, 0.25) is 5.02 Å². The molecule has 0 radical (unpaired) electrons. The van der Waals surface area contributed by atoms with Crippen LogP contribution < -0.4 is 5.73 Å². The van der Waals surface area contributed by atoms with Crippen LogP contribution in [0.15, 0.2) is 36.5 Å². The number of nitrogens with two attached hydrogens (primary N) is 1. The number of halogens is 2. The first-order valence-corrected chi connectivity index (χ1v) is 6.05. The topological polar surface area (TPSA) is 56.2 Å². The molecule has 1 aromatic carbocycles. The van der Waals surface area contributed by atoms with E-state index in [1.807, 2.05) is 0 Å². The van der Waals surface area contributed by atoms with Gasteiger partial charge in [-0.1, -0.05) is 17.7 Å². The Morgan fingerprint density at radius 2 is 2.05 bits per heavy atom. The van der Waals surface area contributed by atoms with Crippen molar-refractivity contribution in [2.24, 2.45) is 0 Å². The van der Waals surface area contributed by atoms with E-state index in [1.165, 1.54) is 6.07 Å². The molecule has 19 heavy (non-hydrogen) atoms. The minimum Gasteiger partial charge on any atom is -0.398 e. The zero-order chi connectivity index (χ0) is 13.4. The van der Waals surface area contributed by atoms with Gasteiger partial charge in [-0.2, -0.15) is 0 Å². The molecule has 0 aliphatic carbocycles. The van der Waals surface area contributed by atoms with Gasteiger partial charge in [-0.05, 0) is 24.3 Å². The second-order valence-corrected chi connectivity index (χ2v) is 4.59. The summed E-state index contributed by atoms with van der Waals surface area (Å²) in [6.07, 6.45) is 1.97. The molecule has 0 bridgehead atoms. The molecule has 0 aliphatic rings. The Morgan fingerprint density at radius 3 is 2.84 bits per heavy atom. The highest BCUT2D eigenvalue weighted by molar-refractivity contribution is 6.31. The fourth-order valence-electron chi connectivity index (χ4n) is 1.93. The minimum atomic E-state index is -0.354. The van der Waals surface area contributed by atoms with Crippen LogP contribution in [0.25, 0.3) is 5.65 Å². The van der Waals surface area contributed by atoms with Crippen LogP contribution in [0.4, 0.5) is 10.1 Å². The number of anilines is 1. The van der Waals surface area contributed by atoms with E-state index >= 15 is 0 Å². The molecule has 2 aromatic heterocycles. The molecule has 0 fully saturated rings. The van der Waals surface area contributed by atoms with E-state index < -0.39 is 0 Å². The monoisotopic (exact) mass is 276 g/mol. The van der Waals surface area contributed by atoms with Crippen molar-refractivity contribution in [3.63, 3.8) is 0 Å². The Bertz CT molecular complexity index is 733. The zero-order valence-corrected chi connectivity index (χ0v) is 10.6. The molecule has 3 rings (SSSR count). The highest BCUT2D eigenvalue weighted by Gasteiger charge is 2.12. The molecule has 96 valence electrons. The summed E-state index contributed by atoms with van der Waals surface area (Å²) in [6, 6.07) is 8.09. The smallest absolute Gasteiger partial charge is 0.160 e. The van der Waals surface area contributed by atoms with Gasteiger partial charge in [-0.3, -0.25) is 4.40 Å². The van der Waals surface area contributed by atoms with Crippen molar-refractivity contribution in [2.75, 3.05) is 5.73 Å². The van der Waals surface area contributed by atoms with Gasteiger partial charge in [-0.25, -0.2) is 4.39 Å². The normalized spacial score (nSPS) is 11.1. The Balaban J connectivity index is 2.08. The summed E-state index contributed by atoms with van der Waals surface area (Å²) in [5, 5.41) is 8.43. The maximum Gasteiger partial charge on any atom is 0.160 e. The molecule has 0 unspecified atom stereocenters. The maximum atomic E-state index is 13.8. The number of hydrogen-bond acceptors (Lipinski definition) is 3. The Hall–Kier alpha value is -2.14. The number of rotatable bonds is 2. The molecule has 3 aromatic rings. The van der Waals surface area contributed by atoms with E-state index in [0.29, 0.717) is 27.7 Å². The van der Waals surface area contributed by atoms with E-state index in [0.717, 1.165) is 0 Å². The average Bonchev–Trinajstić information content (AvgIpc) is 2.76. The van der Waals surface area contributed by atoms with Crippen molar-refractivity contribution in [1.82, 2.24) is 14.6 Å². The minimum absolute atomic E-state index is 0.260. The largest absolute Gasteiger partial charge is 0.398 e. The third-order valence-electron chi connectivity index (χ3n) is 2.89. The molecule has 0 atom stereocenters. The number of nitrogen functional groups attached to an aromatic ring is 1. The summed E-state index contributed by atoms with van der Waals surface area (Å²) >= 11 is 6.01. The molecule has 0 saturated heterocycles. The van der Waals surface area contributed by atoms with E-state index in [9.17, 15) is 4.39 Å². The van der Waals surface area contributed by atoms with Crippen LogP contribution in [0.3, 0.4) is 0 Å². The van der Waals surface area contributed by atoms with Crippen molar-refractivity contribution in [3.8, 4) is 0 Å². The lowest BCUT2D eigenvalue weighted by Gasteiger charge is -2.05. The number of aromatic nitrogens is 3. The molecule has 0 saturated carbocycles. The molecular weight excluding hydrogens is 267 g/mol. The SMILES string of the molecule is Nc1ccc2nnc(Cc3c(F)cccc3Cl)n2c1. The molecule has 2 heterocycles. The van der Waals surface area contributed by atoms with E-state index in [1.54, 1.807) is 34.9 Å². The number of pyridine rings is 1. The molecular formula is C13H10ClFN4. The zero-order valence-electron chi connectivity index (χ0n) is 9.85. The maximum absolute atomic E-state index is 13.8. The second-order valence-electron chi connectivity index (χ2n) is 4.18. The van der Waals surface area contributed by atoms with Gasteiger partial charge in [0.1, 0.15) is 11.6 Å². The lowest BCUT2D eigenvalue weighted by atomic mass is 10.1. The summed E-state index contributed by atoms with van der Waals surface area (Å²) < 4.78 is 15.5. The van der Waals surface area contributed by atoms with Crippen molar-refractivity contribution in [3.05, 3.63) is 58.8 Å². The number of benzene rings is 1. The summed E-state index contributed by atoms with van der Waals surface area (Å²) in [6.45, 7) is 0. The van der Waals surface area contributed by atoms with Gasteiger partial charge in [0.2, 0.25) is 0 Å². The van der Waals surface area contributed by atoms with E-state index in [-0.39, 0.29) is 12.2 Å². The Labute approximate surface area is 113 Å². The lowest BCUT2D eigenvalue weighted by molar-refractivity contribution is 0.612. The molecule has 6 heteroatoms. The quantitative estimate of drug-likeness (QED) is 0.783. The van der Waals surface area contributed by atoms with Gasteiger partial charge in [0.25, 0.3) is 0 Å². The Kier molecular flexibility index (Phi) is 2.83. The van der Waals surface area contributed by atoms with Crippen molar-refractivity contribution in [1.29, 1.82) is 0 Å². The van der Waals surface area contributed by atoms with Gasteiger partial charge >= 0.3 is 0 Å². The highest BCUT2D eigenvalue weighted by Crippen LogP contribution is 2.22. The Morgan fingerprint density at radius 1 is 1.21 bits per heavy atom. The summed E-state index contributed by atoms with van der Waals surface area (Å²) in [5.41, 5.74) is 7.39. The van der Waals surface area contributed by atoms with Crippen LogP contribution in [0.5, 0.6) is 0 Å². The average molecular weight is 277 g/mol. The number of fused-ring (bicyclic) bond motifs is 1. The molecule has 0 amide bonds. The first-order chi connectivity index (χ1) is 9.15. The van der Waals surface area contributed by atoms with Crippen molar-refractivity contribution in [2.45, 2.75) is 6.42 Å². The highest BCUT2D eigenvalue weighted by atomic mass is 35.5. The van der Waals surface area contributed by atoms with Gasteiger partial charge in [-0.15, -0.1) is 10.2 Å². The number of hydrogen-bond donors (Lipinski definition) is 1. The van der Waals surface area contributed by atoms with Crippen LogP contribution in [-0.2, 0) is 6.42 Å². The fourth-order valence-corrected chi connectivity index (χ4v) is 2.16. The van der Waals surface area contributed by atoms with Gasteiger partial charge in [0, 0.05) is 28.9 Å². The van der Waals surface area contributed by atoms with E-state index in [4.69, 9.17) is 17.3 Å². The predicted molar refractivity (Wildman–Crippen MR) is 71.6 cm³/mol. The van der Waals surface area contributed by atoms with Crippen molar-refractivity contribution >= 4 is 22.9 Å². The van der Waals surface area contributed by atoms with Crippen LogP contribution in [-0.4, -0.2) is 14.6 Å². The first-order valence-electron chi connectivity index (χ1n) is 5.67. The fraction of sp³-hybridized carbons (Fsp3) is 0.0769. The van der Waals surface area contributed by atoms with Gasteiger partial charge < -0.3 is 5.73 Å². The summed E-state index contributed by atoms with van der Waals surface area (Å²) in [4.78, 5) is 0. The number of nitrogens with zero attached hydrogens (tertiary/aromatic N) is 3. The van der Waals surface area contributed by atoms with Crippen molar-refractivity contribution < 1.29 is 4.39 Å². The first kappa shape index (κ1) is 11.9. The molecule has 0 aliphatic heterocycles. The van der Waals surface area contributed by atoms with Crippen LogP contribution in [0.1, 0.15) is 11.4 Å². The van der Waals surface area contributed by atoms with Crippen LogP contribution >= 0.6 is 11.6 Å². The van der Waals surface area contributed by atoms with Gasteiger partial charge in [0.15, 0.2) is 5.65 Å². The molecule has 0 spiro atoms. The van der Waals surface area contributed by atoms with E-state index in [2.05, 4.69) is 10.2 Å². The third kappa shape index (κ3) is 2.13. The summed E-state index contributed by atoms with van der Waals surface area (Å²) in [7, 11) is 0. The van der Waals surface area contributed by atoms with Crippen LogP contribution in [0, 0.1) is 5.82 Å². The second kappa shape index (κ2) is 4.51. The standard InChI is InChI=1S/C13H10ClFN4/c14-10-2-1-3-11(15)9(10)6-13-18-17-12-5-4-8(16)7-19(12)13/h1-5,7H,6,16H2. The predicted octanol–water partition coefficient (Wildman–Crippen LogP) is 2.69. The molecule has 4 nitrogen and oxygen atoms in total. The lowest BCUT2D eigenvalue weighted by Crippen LogP contribution is -2.00.